The second-order valence-electron chi connectivity index (χ2n) is 5.29. The Bertz CT molecular complexity index is 835. The first-order valence-electron chi connectivity index (χ1n) is 7.03. The summed E-state index contributed by atoms with van der Waals surface area (Å²) in [5.41, 5.74) is 4.57. The molecule has 0 saturated heterocycles. The van der Waals surface area contributed by atoms with E-state index in [-0.39, 0.29) is 0 Å². The predicted octanol–water partition coefficient (Wildman–Crippen LogP) is 4.93. The smallest absolute Gasteiger partial charge is 0.132 e. The highest BCUT2D eigenvalue weighted by atomic mass is 79.9. The Hall–Kier alpha value is -1.94. The molecule has 1 heterocycles. The van der Waals surface area contributed by atoms with Gasteiger partial charge in [0.15, 0.2) is 0 Å². The fourth-order valence-electron chi connectivity index (χ4n) is 2.97. The van der Waals surface area contributed by atoms with Gasteiger partial charge in [0.25, 0.3) is 0 Å². The number of rotatable bonds is 3. The largest absolute Gasteiger partial charge is 0.496 e. The first kappa shape index (κ1) is 15.0. The molecule has 3 rings (SSSR count). The summed E-state index contributed by atoms with van der Waals surface area (Å²) in [6.07, 6.45) is 2.14. The molecule has 0 aliphatic heterocycles. The van der Waals surface area contributed by atoms with Gasteiger partial charge < -0.3 is 14.0 Å². The van der Waals surface area contributed by atoms with Crippen LogP contribution in [0.3, 0.4) is 0 Å². The lowest BCUT2D eigenvalue weighted by atomic mass is 10.0. The molecule has 4 heteroatoms. The SMILES string of the molecule is COc1cc(OC)c2c(-c3ccc(Br)cc3)cn(C)c2c1C. The third kappa shape index (κ3) is 2.28. The number of hydrogen-bond acceptors (Lipinski definition) is 2. The number of aromatic nitrogens is 1. The number of aryl methyl sites for hydroxylation is 2. The van der Waals surface area contributed by atoms with E-state index in [0.717, 1.165) is 43.6 Å². The first-order chi connectivity index (χ1) is 10.6. The van der Waals surface area contributed by atoms with Crippen molar-refractivity contribution in [3.05, 3.63) is 46.6 Å². The van der Waals surface area contributed by atoms with Gasteiger partial charge in [-0.05, 0) is 24.6 Å². The van der Waals surface area contributed by atoms with Crippen LogP contribution in [0.2, 0.25) is 0 Å². The molecule has 0 fully saturated rings. The van der Waals surface area contributed by atoms with Crippen LogP contribution in [0.5, 0.6) is 11.5 Å². The molecule has 0 aliphatic rings. The van der Waals surface area contributed by atoms with Gasteiger partial charge in [0.1, 0.15) is 11.5 Å². The highest BCUT2D eigenvalue weighted by molar-refractivity contribution is 9.10. The van der Waals surface area contributed by atoms with E-state index < -0.39 is 0 Å². The van der Waals surface area contributed by atoms with Crippen molar-refractivity contribution < 1.29 is 9.47 Å². The zero-order valence-electron chi connectivity index (χ0n) is 13.1. The van der Waals surface area contributed by atoms with Gasteiger partial charge in [-0.3, -0.25) is 0 Å². The van der Waals surface area contributed by atoms with Crippen LogP contribution in [0.1, 0.15) is 5.56 Å². The van der Waals surface area contributed by atoms with Gasteiger partial charge in [0.05, 0.1) is 25.1 Å². The predicted molar refractivity (Wildman–Crippen MR) is 93.9 cm³/mol. The molecule has 0 bridgehead atoms. The van der Waals surface area contributed by atoms with Gasteiger partial charge in [0.2, 0.25) is 0 Å². The minimum absolute atomic E-state index is 0.830. The highest BCUT2D eigenvalue weighted by Gasteiger charge is 2.18. The van der Waals surface area contributed by atoms with Gasteiger partial charge in [-0.1, -0.05) is 28.1 Å². The van der Waals surface area contributed by atoms with Crippen molar-refractivity contribution in [1.29, 1.82) is 0 Å². The number of hydrogen-bond donors (Lipinski definition) is 0. The van der Waals surface area contributed by atoms with Crippen LogP contribution in [0, 0.1) is 6.92 Å². The zero-order valence-corrected chi connectivity index (χ0v) is 14.7. The standard InChI is InChI=1S/C18H18BrNO2/c1-11-15(21-3)9-16(22-4)17-14(10-20(2)18(11)17)12-5-7-13(19)8-6-12/h5-10H,1-4H3. The molecular formula is C18H18BrNO2. The average Bonchev–Trinajstić information content (AvgIpc) is 2.87. The lowest BCUT2D eigenvalue weighted by Gasteiger charge is -2.12. The summed E-state index contributed by atoms with van der Waals surface area (Å²) in [5.74, 6) is 1.67. The van der Waals surface area contributed by atoms with E-state index >= 15 is 0 Å². The summed E-state index contributed by atoms with van der Waals surface area (Å²) in [6.45, 7) is 2.08. The van der Waals surface area contributed by atoms with E-state index in [1.54, 1.807) is 14.2 Å². The van der Waals surface area contributed by atoms with E-state index in [1.165, 1.54) is 0 Å². The molecule has 2 aromatic carbocycles. The van der Waals surface area contributed by atoms with Gasteiger partial charge >= 0.3 is 0 Å². The maximum Gasteiger partial charge on any atom is 0.132 e. The Morgan fingerprint density at radius 2 is 1.64 bits per heavy atom. The van der Waals surface area contributed by atoms with Gasteiger partial charge in [0, 0.05) is 34.9 Å². The highest BCUT2D eigenvalue weighted by Crippen LogP contribution is 2.42. The molecule has 0 N–H and O–H groups in total. The van der Waals surface area contributed by atoms with Crippen LogP contribution in [0.15, 0.2) is 41.0 Å². The van der Waals surface area contributed by atoms with E-state index in [0.29, 0.717) is 0 Å². The summed E-state index contributed by atoms with van der Waals surface area (Å²) < 4.78 is 14.3. The quantitative estimate of drug-likeness (QED) is 0.661. The molecule has 0 spiro atoms. The normalized spacial score (nSPS) is 11.0. The van der Waals surface area contributed by atoms with Gasteiger partial charge in [-0.25, -0.2) is 0 Å². The van der Waals surface area contributed by atoms with Crippen molar-refractivity contribution in [3.63, 3.8) is 0 Å². The van der Waals surface area contributed by atoms with Crippen LogP contribution in [0.4, 0.5) is 0 Å². The molecule has 3 aromatic rings. The Balaban J connectivity index is 2.37. The molecule has 0 radical (unpaired) electrons. The molecule has 1 aromatic heterocycles. The summed E-state index contributed by atoms with van der Waals surface area (Å²) in [7, 11) is 5.44. The van der Waals surface area contributed by atoms with Crippen molar-refractivity contribution in [1.82, 2.24) is 4.57 Å². The third-order valence-electron chi connectivity index (χ3n) is 4.01. The number of nitrogens with zero attached hydrogens (tertiary/aromatic N) is 1. The molecule has 0 aliphatic carbocycles. The Morgan fingerprint density at radius 3 is 2.23 bits per heavy atom. The Labute approximate surface area is 138 Å². The molecule has 0 atom stereocenters. The maximum absolute atomic E-state index is 5.62. The molecule has 3 nitrogen and oxygen atoms in total. The monoisotopic (exact) mass is 359 g/mol. The van der Waals surface area contributed by atoms with Crippen molar-refractivity contribution in [2.75, 3.05) is 14.2 Å². The molecule has 0 amide bonds. The van der Waals surface area contributed by atoms with Crippen LogP contribution < -0.4 is 9.47 Å². The molecule has 22 heavy (non-hydrogen) atoms. The molecule has 114 valence electrons. The molecular weight excluding hydrogens is 342 g/mol. The topological polar surface area (TPSA) is 23.4 Å². The van der Waals surface area contributed by atoms with Gasteiger partial charge in [-0.15, -0.1) is 0 Å². The van der Waals surface area contributed by atoms with Crippen LogP contribution in [-0.2, 0) is 7.05 Å². The van der Waals surface area contributed by atoms with E-state index in [9.17, 15) is 0 Å². The van der Waals surface area contributed by atoms with Crippen molar-refractivity contribution in [3.8, 4) is 22.6 Å². The fraction of sp³-hybridized carbons (Fsp3) is 0.222. The second-order valence-corrected chi connectivity index (χ2v) is 6.21. The van der Waals surface area contributed by atoms with E-state index in [1.807, 2.05) is 6.07 Å². The van der Waals surface area contributed by atoms with Crippen molar-refractivity contribution in [2.45, 2.75) is 6.92 Å². The maximum atomic E-state index is 5.62. The van der Waals surface area contributed by atoms with Crippen molar-refractivity contribution >= 4 is 26.8 Å². The van der Waals surface area contributed by atoms with E-state index in [2.05, 4.69) is 64.9 Å². The third-order valence-corrected chi connectivity index (χ3v) is 4.54. The lowest BCUT2D eigenvalue weighted by molar-refractivity contribution is 0.396. The van der Waals surface area contributed by atoms with E-state index in [4.69, 9.17) is 9.47 Å². The molecule has 0 saturated carbocycles. The second kappa shape index (κ2) is 5.69. The number of ether oxygens (including phenoxy) is 2. The van der Waals surface area contributed by atoms with Crippen LogP contribution >= 0.6 is 15.9 Å². The summed E-state index contributed by atoms with van der Waals surface area (Å²) >= 11 is 3.49. The summed E-state index contributed by atoms with van der Waals surface area (Å²) in [6, 6.07) is 10.3. The number of methoxy groups -OCH3 is 2. The number of halogens is 1. The van der Waals surface area contributed by atoms with Crippen molar-refractivity contribution in [2.24, 2.45) is 7.05 Å². The summed E-state index contributed by atoms with van der Waals surface area (Å²) in [5, 5.41) is 1.12. The number of fused-ring (bicyclic) bond motifs is 1. The molecule has 0 unspecified atom stereocenters. The van der Waals surface area contributed by atoms with Gasteiger partial charge in [-0.2, -0.15) is 0 Å². The number of benzene rings is 2. The fourth-order valence-corrected chi connectivity index (χ4v) is 3.23. The minimum atomic E-state index is 0.830. The zero-order chi connectivity index (χ0) is 15.9. The Kier molecular flexibility index (Phi) is 3.87. The summed E-state index contributed by atoms with van der Waals surface area (Å²) in [4.78, 5) is 0. The Morgan fingerprint density at radius 1 is 1.00 bits per heavy atom. The average molecular weight is 360 g/mol. The van der Waals surface area contributed by atoms with Crippen LogP contribution in [-0.4, -0.2) is 18.8 Å². The van der Waals surface area contributed by atoms with Crippen LogP contribution in [0.25, 0.3) is 22.0 Å². The first-order valence-corrected chi connectivity index (χ1v) is 7.82. The lowest BCUT2D eigenvalue weighted by Crippen LogP contribution is -1.95. The minimum Gasteiger partial charge on any atom is -0.496 e.